The molecule has 2 N–H and O–H groups in total. The lowest BCUT2D eigenvalue weighted by atomic mass is 9.96. The van der Waals surface area contributed by atoms with Gasteiger partial charge < -0.3 is 10.6 Å². The third kappa shape index (κ3) is 2.56. The van der Waals surface area contributed by atoms with Gasteiger partial charge in [-0.2, -0.15) is 5.10 Å². The minimum atomic E-state index is -0.306. The van der Waals surface area contributed by atoms with E-state index in [-0.39, 0.29) is 11.7 Å². The first-order chi connectivity index (χ1) is 11.6. The van der Waals surface area contributed by atoms with Crippen molar-refractivity contribution in [1.82, 2.24) is 15.1 Å². The molecule has 1 aromatic heterocycles. The number of anilines is 1. The highest BCUT2D eigenvalue weighted by Gasteiger charge is 2.21. The molecule has 0 unspecified atom stereocenters. The van der Waals surface area contributed by atoms with Gasteiger partial charge in [0.1, 0.15) is 5.82 Å². The predicted octanol–water partition coefficient (Wildman–Crippen LogP) is 2.34. The van der Waals surface area contributed by atoms with E-state index in [4.69, 9.17) is 0 Å². The van der Waals surface area contributed by atoms with Crippen molar-refractivity contribution >= 4 is 11.6 Å². The second-order valence-corrected chi connectivity index (χ2v) is 6.55. The lowest BCUT2D eigenvalue weighted by molar-refractivity contribution is 0.0946. The van der Waals surface area contributed by atoms with E-state index in [9.17, 15) is 9.18 Å². The molecule has 24 heavy (non-hydrogen) atoms. The minimum Gasteiger partial charge on any atom is -0.377 e. The standard InChI is InChI=1S/C18H21FN4O/c1-23-17(12-4-2-3-5-15(12)22-23)10-21-16-9-13-11(8-14(16)19)6-7-20-18(13)24/h8-9,21H,2-7,10H2,1H3,(H,20,24). The quantitative estimate of drug-likeness (QED) is 0.909. The molecule has 4 rings (SSSR count). The van der Waals surface area contributed by atoms with Crippen LogP contribution >= 0.6 is 0 Å². The summed E-state index contributed by atoms with van der Waals surface area (Å²) >= 11 is 0. The monoisotopic (exact) mass is 328 g/mol. The highest BCUT2D eigenvalue weighted by molar-refractivity contribution is 5.97. The number of hydrogen-bond acceptors (Lipinski definition) is 3. The number of amides is 1. The van der Waals surface area contributed by atoms with Crippen molar-refractivity contribution in [3.63, 3.8) is 0 Å². The number of hydrogen-bond donors (Lipinski definition) is 2. The Balaban J connectivity index is 1.60. The van der Waals surface area contributed by atoms with E-state index in [1.807, 2.05) is 11.7 Å². The normalized spacial score (nSPS) is 16.3. The fourth-order valence-corrected chi connectivity index (χ4v) is 3.72. The van der Waals surface area contributed by atoms with Gasteiger partial charge in [0, 0.05) is 19.2 Å². The SMILES string of the molecule is Cn1nc2c(c1CNc1cc3c(cc1F)CCNC3=O)CCCC2. The van der Waals surface area contributed by atoms with Gasteiger partial charge in [-0.15, -0.1) is 0 Å². The van der Waals surface area contributed by atoms with Crippen molar-refractivity contribution in [1.29, 1.82) is 0 Å². The first-order valence-corrected chi connectivity index (χ1v) is 8.51. The van der Waals surface area contributed by atoms with Gasteiger partial charge in [0.2, 0.25) is 0 Å². The van der Waals surface area contributed by atoms with Crippen molar-refractivity contribution in [2.75, 3.05) is 11.9 Å². The fraction of sp³-hybridized carbons (Fsp3) is 0.444. The van der Waals surface area contributed by atoms with Gasteiger partial charge in [-0.05, 0) is 55.4 Å². The van der Waals surface area contributed by atoms with Gasteiger partial charge >= 0.3 is 0 Å². The summed E-state index contributed by atoms with van der Waals surface area (Å²) in [6.07, 6.45) is 5.10. The van der Waals surface area contributed by atoms with Crippen LogP contribution in [0.4, 0.5) is 10.1 Å². The third-order valence-electron chi connectivity index (χ3n) is 5.01. The average molecular weight is 328 g/mol. The van der Waals surface area contributed by atoms with Crippen LogP contribution in [-0.4, -0.2) is 22.2 Å². The van der Waals surface area contributed by atoms with E-state index in [1.54, 1.807) is 6.07 Å². The first kappa shape index (κ1) is 15.2. The Morgan fingerprint density at radius 1 is 1.29 bits per heavy atom. The van der Waals surface area contributed by atoms with Gasteiger partial charge in [-0.1, -0.05) is 0 Å². The largest absolute Gasteiger partial charge is 0.377 e. The topological polar surface area (TPSA) is 59.0 Å². The summed E-state index contributed by atoms with van der Waals surface area (Å²) in [4.78, 5) is 12.0. The van der Waals surface area contributed by atoms with Crippen molar-refractivity contribution in [2.45, 2.75) is 38.6 Å². The van der Waals surface area contributed by atoms with Crippen LogP contribution in [0.3, 0.4) is 0 Å². The number of halogens is 1. The van der Waals surface area contributed by atoms with E-state index in [0.29, 0.717) is 30.8 Å². The Hall–Kier alpha value is -2.37. The molecule has 0 bridgehead atoms. The zero-order valence-corrected chi connectivity index (χ0v) is 13.8. The molecule has 0 saturated heterocycles. The number of nitrogens with one attached hydrogen (secondary N) is 2. The Bertz CT molecular complexity index is 812. The molecule has 6 heteroatoms. The number of nitrogens with zero attached hydrogens (tertiary/aromatic N) is 2. The van der Waals surface area contributed by atoms with Crippen LogP contribution in [0.15, 0.2) is 12.1 Å². The fourth-order valence-electron chi connectivity index (χ4n) is 3.72. The second-order valence-electron chi connectivity index (χ2n) is 6.55. The highest BCUT2D eigenvalue weighted by Crippen LogP contribution is 2.26. The van der Waals surface area contributed by atoms with Gasteiger partial charge in [0.15, 0.2) is 0 Å². The average Bonchev–Trinajstić information content (AvgIpc) is 2.89. The number of rotatable bonds is 3. The molecule has 1 aliphatic carbocycles. The number of carbonyl (C=O) groups excluding carboxylic acids is 1. The van der Waals surface area contributed by atoms with Crippen molar-refractivity contribution in [3.8, 4) is 0 Å². The Morgan fingerprint density at radius 3 is 3.00 bits per heavy atom. The summed E-state index contributed by atoms with van der Waals surface area (Å²) in [7, 11) is 1.94. The second kappa shape index (κ2) is 5.92. The first-order valence-electron chi connectivity index (χ1n) is 8.51. The number of fused-ring (bicyclic) bond motifs is 2. The lowest BCUT2D eigenvalue weighted by Gasteiger charge is -2.19. The van der Waals surface area contributed by atoms with Crippen LogP contribution in [0.1, 0.15) is 45.7 Å². The van der Waals surface area contributed by atoms with Crippen LogP contribution in [-0.2, 0) is 32.9 Å². The van der Waals surface area contributed by atoms with Gasteiger partial charge in [-0.3, -0.25) is 9.48 Å². The van der Waals surface area contributed by atoms with Gasteiger partial charge in [0.25, 0.3) is 5.91 Å². The predicted molar refractivity (Wildman–Crippen MR) is 89.6 cm³/mol. The van der Waals surface area contributed by atoms with Crippen LogP contribution in [0, 0.1) is 5.82 Å². The maximum absolute atomic E-state index is 14.4. The molecule has 0 saturated carbocycles. The summed E-state index contributed by atoms with van der Waals surface area (Å²) in [5, 5.41) is 10.5. The van der Waals surface area contributed by atoms with E-state index < -0.39 is 0 Å². The summed E-state index contributed by atoms with van der Waals surface area (Å²) < 4.78 is 16.3. The molecule has 0 radical (unpaired) electrons. The van der Waals surface area contributed by atoms with Gasteiger partial charge in [-0.25, -0.2) is 4.39 Å². The van der Waals surface area contributed by atoms with Crippen molar-refractivity contribution in [3.05, 3.63) is 46.0 Å². The number of aryl methyl sites for hydroxylation is 2. The maximum Gasteiger partial charge on any atom is 0.251 e. The number of aromatic nitrogens is 2. The van der Waals surface area contributed by atoms with Crippen LogP contribution in [0.25, 0.3) is 0 Å². The molecule has 1 amide bonds. The van der Waals surface area contributed by atoms with Crippen molar-refractivity contribution in [2.24, 2.45) is 7.05 Å². The molecule has 0 atom stereocenters. The zero-order chi connectivity index (χ0) is 16.7. The molecule has 1 aromatic carbocycles. The van der Waals surface area contributed by atoms with E-state index in [2.05, 4.69) is 15.7 Å². The summed E-state index contributed by atoms with van der Waals surface area (Å²) in [6.45, 7) is 1.08. The molecule has 0 fully saturated rings. The van der Waals surface area contributed by atoms with Crippen LogP contribution in [0.5, 0.6) is 0 Å². The summed E-state index contributed by atoms with van der Waals surface area (Å²) in [6, 6.07) is 3.11. The lowest BCUT2D eigenvalue weighted by Crippen LogP contribution is -2.32. The highest BCUT2D eigenvalue weighted by atomic mass is 19.1. The minimum absolute atomic E-state index is 0.128. The molecule has 1 aliphatic heterocycles. The molecule has 2 aromatic rings. The van der Waals surface area contributed by atoms with Gasteiger partial charge in [0.05, 0.1) is 23.6 Å². The molecule has 5 nitrogen and oxygen atoms in total. The van der Waals surface area contributed by atoms with E-state index in [1.165, 1.54) is 30.2 Å². The smallest absolute Gasteiger partial charge is 0.251 e. The van der Waals surface area contributed by atoms with E-state index in [0.717, 1.165) is 24.1 Å². The summed E-state index contributed by atoms with van der Waals surface area (Å²) in [5.41, 5.74) is 5.29. The zero-order valence-electron chi connectivity index (χ0n) is 13.8. The van der Waals surface area contributed by atoms with Crippen LogP contribution < -0.4 is 10.6 Å². The Morgan fingerprint density at radius 2 is 2.12 bits per heavy atom. The van der Waals surface area contributed by atoms with Crippen molar-refractivity contribution < 1.29 is 9.18 Å². The summed E-state index contributed by atoms with van der Waals surface area (Å²) in [5.74, 6) is -0.434. The Labute approximate surface area is 140 Å². The molecule has 2 aliphatic rings. The molecule has 0 spiro atoms. The number of benzene rings is 1. The maximum atomic E-state index is 14.4. The van der Waals surface area contributed by atoms with Crippen LogP contribution in [0.2, 0.25) is 0 Å². The third-order valence-corrected chi connectivity index (χ3v) is 5.01. The number of carbonyl (C=O) groups is 1. The molecular formula is C18H21FN4O. The molecule has 126 valence electrons. The van der Waals surface area contributed by atoms with E-state index >= 15 is 0 Å². The Kier molecular flexibility index (Phi) is 3.75. The molecular weight excluding hydrogens is 307 g/mol. The molecule has 2 heterocycles.